The molecule has 0 saturated carbocycles. The molecule has 1 aromatic carbocycles. The number of carbonyl (C=O) groups is 1. The van der Waals surface area contributed by atoms with Crippen LogP contribution in [0.3, 0.4) is 0 Å². The van der Waals surface area contributed by atoms with E-state index in [-0.39, 0.29) is 11.7 Å². The molecule has 0 saturated heterocycles. The quantitative estimate of drug-likeness (QED) is 0.422. The van der Waals surface area contributed by atoms with E-state index in [0.717, 1.165) is 17.0 Å². The molecule has 0 unspecified atom stereocenters. The fourth-order valence-corrected chi connectivity index (χ4v) is 3.73. The molecular formula is C20H17ClN4O3S. The maximum atomic E-state index is 12.4. The van der Waals surface area contributed by atoms with E-state index in [0.29, 0.717) is 28.3 Å². The van der Waals surface area contributed by atoms with E-state index in [4.69, 9.17) is 20.4 Å². The Morgan fingerprint density at radius 2 is 2.00 bits per heavy atom. The lowest BCUT2D eigenvalue weighted by Crippen LogP contribution is -2.15. The van der Waals surface area contributed by atoms with E-state index in [9.17, 15) is 4.79 Å². The molecule has 0 atom stereocenters. The zero-order chi connectivity index (χ0) is 20.2. The molecule has 3 aromatic heterocycles. The van der Waals surface area contributed by atoms with Crippen molar-refractivity contribution in [1.29, 1.82) is 0 Å². The van der Waals surface area contributed by atoms with E-state index in [1.165, 1.54) is 11.8 Å². The van der Waals surface area contributed by atoms with Gasteiger partial charge in [0.1, 0.15) is 5.76 Å². The number of rotatable bonds is 7. The molecule has 0 bridgehead atoms. The SMILES string of the molecule is Cc1cc(Cl)ccc1NC(=O)CSc1nnc(-c2ccco2)n1Cc1ccco1. The molecule has 29 heavy (non-hydrogen) atoms. The van der Waals surface area contributed by atoms with Crippen molar-refractivity contribution in [2.75, 3.05) is 11.1 Å². The highest BCUT2D eigenvalue weighted by atomic mass is 35.5. The Hall–Kier alpha value is -2.97. The number of amides is 1. The molecule has 1 amide bonds. The number of halogens is 1. The van der Waals surface area contributed by atoms with Crippen LogP contribution in [-0.4, -0.2) is 26.4 Å². The first kappa shape index (κ1) is 19.4. The zero-order valence-corrected chi connectivity index (χ0v) is 17.0. The standard InChI is InChI=1S/C20H17ClN4O3S/c1-13-10-14(21)6-7-16(13)22-18(26)12-29-20-24-23-19(17-5-3-9-28-17)25(20)11-15-4-2-8-27-15/h2-10H,11-12H2,1H3,(H,22,26). The number of benzene rings is 1. The van der Waals surface area contributed by atoms with E-state index >= 15 is 0 Å². The molecule has 7 nitrogen and oxygen atoms in total. The van der Waals surface area contributed by atoms with Crippen molar-refractivity contribution in [3.8, 4) is 11.6 Å². The van der Waals surface area contributed by atoms with E-state index in [2.05, 4.69) is 15.5 Å². The third-order valence-corrected chi connectivity index (χ3v) is 5.35. The number of carbonyl (C=O) groups excluding carboxylic acids is 1. The number of aryl methyl sites for hydroxylation is 1. The number of thioether (sulfide) groups is 1. The van der Waals surface area contributed by atoms with Crippen molar-refractivity contribution in [2.45, 2.75) is 18.6 Å². The second kappa shape index (κ2) is 8.59. The highest BCUT2D eigenvalue weighted by Crippen LogP contribution is 2.26. The van der Waals surface area contributed by atoms with Crippen LogP contribution in [0.15, 0.2) is 69.0 Å². The summed E-state index contributed by atoms with van der Waals surface area (Å²) in [5.74, 6) is 1.95. The minimum atomic E-state index is -0.146. The van der Waals surface area contributed by atoms with Crippen LogP contribution in [0.2, 0.25) is 5.02 Å². The normalized spacial score (nSPS) is 11.0. The van der Waals surface area contributed by atoms with Gasteiger partial charge < -0.3 is 14.2 Å². The van der Waals surface area contributed by atoms with Gasteiger partial charge in [-0.15, -0.1) is 10.2 Å². The first-order valence-corrected chi connectivity index (χ1v) is 10.1. The molecule has 0 spiro atoms. The van der Waals surface area contributed by atoms with Gasteiger partial charge in [-0.05, 0) is 55.0 Å². The summed E-state index contributed by atoms with van der Waals surface area (Å²) in [6.07, 6.45) is 3.19. The molecule has 0 radical (unpaired) electrons. The van der Waals surface area contributed by atoms with Crippen LogP contribution in [0, 0.1) is 6.92 Å². The molecule has 0 fully saturated rings. The van der Waals surface area contributed by atoms with Gasteiger partial charge in [0, 0.05) is 10.7 Å². The number of furan rings is 2. The van der Waals surface area contributed by atoms with Crippen LogP contribution in [0.25, 0.3) is 11.6 Å². The third kappa shape index (κ3) is 4.55. The molecule has 0 aliphatic rings. The van der Waals surface area contributed by atoms with Crippen molar-refractivity contribution in [3.63, 3.8) is 0 Å². The summed E-state index contributed by atoms with van der Waals surface area (Å²) < 4.78 is 12.8. The highest BCUT2D eigenvalue weighted by molar-refractivity contribution is 7.99. The van der Waals surface area contributed by atoms with Crippen LogP contribution in [-0.2, 0) is 11.3 Å². The Morgan fingerprint density at radius 1 is 1.17 bits per heavy atom. The maximum absolute atomic E-state index is 12.4. The van der Waals surface area contributed by atoms with Crippen molar-refractivity contribution in [2.24, 2.45) is 0 Å². The Bertz CT molecular complexity index is 1110. The molecule has 3 heterocycles. The predicted octanol–water partition coefficient (Wildman–Crippen LogP) is 4.87. The molecule has 1 N–H and O–H groups in total. The van der Waals surface area contributed by atoms with Gasteiger partial charge in [0.25, 0.3) is 0 Å². The average molecular weight is 429 g/mol. The largest absolute Gasteiger partial charge is 0.467 e. The summed E-state index contributed by atoms with van der Waals surface area (Å²) >= 11 is 7.26. The molecule has 4 rings (SSSR count). The molecule has 4 aromatic rings. The van der Waals surface area contributed by atoms with Crippen molar-refractivity contribution >= 4 is 35.0 Å². The lowest BCUT2D eigenvalue weighted by molar-refractivity contribution is -0.113. The monoisotopic (exact) mass is 428 g/mol. The number of nitrogens with zero attached hydrogens (tertiary/aromatic N) is 3. The van der Waals surface area contributed by atoms with Gasteiger partial charge >= 0.3 is 0 Å². The second-order valence-electron chi connectivity index (χ2n) is 6.25. The van der Waals surface area contributed by atoms with Crippen LogP contribution in [0.1, 0.15) is 11.3 Å². The Labute approximate surface area is 176 Å². The number of nitrogens with one attached hydrogen (secondary N) is 1. The summed E-state index contributed by atoms with van der Waals surface area (Å²) in [5.41, 5.74) is 1.63. The van der Waals surface area contributed by atoms with Crippen LogP contribution in [0.4, 0.5) is 5.69 Å². The Kier molecular flexibility index (Phi) is 5.73. The lowest BCUT2D eigenvalue weighted by atomic mass is 10.2. The fraction of sp³-hybridized carbons (Fsp3) is 0.150. The van der Waals surface area contributed by atoms with E-state index < -0.39 is 0 Å². The topological polar surface area (TPSA) is 86.1 Å². The van der Waals surface area contributed by atoms with Crippen molar-refractivity contribution in [1.82, 2.24) is 14.8 Å². The Morgan fingerprint density at radius 3 is 2.72 bits per heavy atom. The molecule has 9 heteroatoms. The van der Waals surface area contributed by atoms with Crippen LogP contribution < -0.4 is 5.32 Å². The summed E-state index contributed by atoms with van der Waals surface area (Å²) in [4.78, 5) is 12.4. The summed E-state index contributed by atoms with van der Waals surface area (Å²) in [7, 11) is 0. The summed E-state index contributed by atoms with van der Waals surface area (Å²) in [5, 5.41) is 12.6. The second-order valence-corrected chi connectivity index (χ2v) is 7.62. The summed E-state index contributed by atoms with van der Waals surface area (Å²) in [6.45, 7) is 2.32. The number of aromatic nitrogens is 3. The number of hydrogen-bond acceptors (Lipinski definition) is 6. The number of hydrogen-bond donors (Lipinski definition) is 1. The zero-order valence-electron chi connectivity index (χ0n) is 15.5. The highest BCUT2D eigenvalue weighted by Gasteiger charge is 2.18. The molecule has 148 valence electrons. The minimum Gasteiger partial charge on any atom is -0.467 e. The van der Waals surface area contributed by atoms with Gasteiger partial charge in [-0.1, -0.05) is 23.4 Å². The Balaban J connectivity index is 1.50. The fourth-order valence-electron chi connectivity index (χ4n) is 2.77. The maximum Gasteiger partial charge on any atom is 0.234 e. The van der Waals surface area contributed by atoms with Gasteiger partial charge in [0.2, 0.25) is 11.7 Å². The predicted molar refractivity (Wildman–Crippen MR) is 111 cm³/mol. The first-order valence-electron chi connectivity index (χ1n) is 8.78. The average Bonchev–Trinajstić information content (AvgIpc) is 3.45. The molecular weight excluding hydrogens is 412 g/mol. The van der Waals surface area contributed by atoms with Gasteiger partial charge in [-0.25, -0.2) is 0 Å². The smallest absolute Gasteiger partial charge is 0.234 e. The van der Waals surface area contributed by atoms with Gasteiger partial charge in [0.05, 0.1) is 24.8 Å². The van der Waals surface area contributed by atoms with Crippen molar-refractivity contribution in [3.05, 3.63) is 71.3 Å². The van der Waals surface area contributed by atoms with E-state index in [1.54, 1.807) is 36.8 Å². The van der Waals surface area contributed by atoms with Gasteiger partial charge in [-0.3, -0.25) is 9.36 Å². The molecule has 0 aliphatic carbocycles. The summed E-state index contributed by atoms with van der Waals surface area (Å²) in [6, 6.07) is 12.6. The van der Waals surface area contributed by atoms with Crippen molar-refractivity contribution < 1.29 is 13.6 Å². The lowest BCUT2D eigenvalue weighted by Gasteiger charge is -2.09. The third-order valence-electron chi connectivity index (χ3n) is 4.15. The molecule has 0 aliphatic heterocycles. The first-order chi connectivity index (χ1) is 14.1. The van der Waals surface area contributed by atoms with E-state index in [1.807, 2.05) is 29.7 Å². The minimum absolute atomic E-state index is 0.146. The van der Waals surface area contributed by atoms with Gasteiger partial charge in [-0.2, -0.15) is 0 Å². The van der Waals surface area contributed by atoms with Gasteiger partial charge in [0.15, 0.2) is 10.9 Å². The van der Waals surface area contributed by atoms with Crippen LogP contribution in [0.5, 0.6) is 0 Å². The van der Waals surface area contributed by atoms with Crippen LogP contribution >= 0.6 is 23.4 Å². The number of anilines is 1.